The average Bonchev–Trinajstić information content (AvgIpc) is 2.78. The number of carbonyl (C=O) groups excluding carboxylic acids is 1. The first-order valence-electron chi connectivity index (χ1n) is 9.54. The summed E-state index contributed by atoms with van der Waals surface area (Å²) in [4.78, 5) is 17.1. The number of ether oxygens (including phenoxy) is 4. The van der Waals surface area contributed by atoms with E-state index in [4.69, 9.17) is 18.9 Å². The molecular weight excluding hydrogens is 372 g/mol. The molecule has 1 fully saturated rings. The van der Waals surface area contributed by atoms with Gasteiger partial charge in [0.1, 0.15) is 5.75 Å². The summed E-state index contributed by atoms with van der Waals surface area (Å²) in [5.41, 5.74) is 1.68. The molecule has 1 saturated heterocycles. The highest BCUT2D eigenvalue weighted by molar-refractivity contribution is 5.97. The van der Waals surface area contributed by atoms with Crippen molar-refractivity contribution in [1.29, 1.82) is 0 Å². The first-order chi connectivity index (χ1) is 14.1. The molecule has 0 spiro atoms. The van der Waals surface area contributed by atoms with Gasteiger partial charge < -0.3 is 23.8 Å². The lowest BCUT2D eigenvalue weighted by Gasteiger charge is -2.35. The molecule has 1 heterocycles. The number of nitrogens with zero attached hydrogens (tertiary/aromatic N) is 2. The second kappa shape index (κ2) is 9.52. The molecule has 1 aliphatic heterocycles. The SMILES string of the molecule is COc1ccccc1C(=O)N1CCN(Cc2cc(OC)c(OC)c(OC)c2)CC1. The van der Waals surface area contributed by atoms with Gasteiger partial charge in [-0.2, -0.15) is 0 Å². The number of benzene rings is 2. The Kier molecular flexibility index (Phi) is 6.82. The summed E-state index contributed by atoms with van der Waals surface area (Å²) < 4.78 is 21.6. The van der Waals surface area contributed by atoms with Crippen molar-refractivity contribution in [2.45, 2.75) is 6.54 Å². The fourth-order valence-electron chi connectivity index (χ4n) is 3.59. The van der Waals surface area contributed by atoms with E-state index in [1.807, 2.05) is 41.3 Å². The largest absolute Gasteiger partial charge is 0.496 e. The van der Waals surface area contributed by atoms with Crippen molar-refractivity contribution in [3.05, 3.63) is 47.5 Å². The lowest BCUT2D eigenvalue weighted by molar-refractivity contribution is 0.0625. The lowest BCUT2D eigenvalue weighted by atomic mass is 10.1. The Morgan fingerprint density at radius 2 is 1.41 bits per heavy atom. The highest BCUT2D eigenvalue weighted by Crippen LogP contribution is 2.38. The van der Waals surface area contributed by atoms with Crippen molar-refractivity contribution in [3.8, 4) is 23.0 Å². The van der Waals surface area contributed by atoms with Gasteiger partial charge in [-0.05, 0) is 29.8 Å². The van der Waals surface area contributed by atoms with Crippen LogP contribution in [0.25, 0.3) is 0 Å². The smallest absolute Gasteiger partial charge is 0.257 e. The van der Waals surface area contributed by atoms with Gasteiger partial charge in [-0.1, -0.05) is 12.1 Å². The number of amides is 1. The zero-order valence-electron chi connectivity index (χ0n) is 17.4. The van der Waals surface area contributed by atoms with Crippen molar-refractivity contribution >= 4 is 5.91 Å². The second-order valence-corrected chi connectivity index (χ2v) is 6.80. The molecule has 0 radical (unpaired) electrons. The molecular formula is C22H28N2O5. The molecule has 0 aliphatic carbocycles. The van der Waals surface area contributed by atoms with E-state index in [9.17, 15) is 4.79 Å². The van der Waals surface area contributed by atoms with Crippen LogP contribution in [0.3, 0.4) is 0 Å². The Labute approximate surface area is 171 Å². The number of hydrogen-bond acceptors (Lipinski definition) is 6. The third-order valence-corrected chi connectivity index (χ3v) is 5.13. The maximum atomic E-state index is 12.9. The topological polar surface area (TPSA) is 60.5 Å². The summed E-state index contributed by atoms with van der Waals surface area (Å²) in [5, 5.41) is 0. The predicted molar refractivity (Wildman–Crippen MR) is 110 cm³/mol. The number of methoxy groups -OCH3 is 4. The Bertz CT molecular complexity index is 822. The zero-order valence-corrected chi connectivity index (χ0v) is 17.4. The fourth-order valence-corrected chi connectivity index (χ4v) is 3.59. The van der Waals surface area contributed by atoms with E-state index in [1.54, 1.807) is 28.4 Å². The molecule has 0 atom stereocenters. The summed E-state index contributed by atoms with van der Waals surface area (Å²) in [6.45, 7) is 3.66. The van der Waals surface area contributed by atoms with Gasteiger partial charge in [0.05, 0.1) is 34.0 Å². The summed E-state index contributed by atoms with van der Waals surface area (Å²) in [6, 6.07) is 11.3. The van der Waals surface area contributed by atoms with Gasteiger partial charge in [0.2, 0.25) is 5.75 Å². The zero-order chi connectivity index (χ0) is 20.8. The minimum absolute atomic E-state index is 0.00915. The van der Waals surface area contributed by atoms with Gasteiger partial charge in [0.25, 0.3) is 5.91 Å². The molecule has 0 unspecified atom stereocenters. The van der Waals surface area contributed by atoms with E-state index in [-0.39, 0.29) is 5.91 Å². The van der Waals surface area contributed by atoms with Gasteiger partial charge >= 0.3 is 0 Å². The molecule has 156 valence electrons. The number of rotatable bonds is 7. The fraction of sp³-hybridized carbons (Fsp3) is 0.409. The van der Waals surface area contributed by atoms with Crippen LogP contribution < -0.4 is 18.9 Å². The summed E-state index contributed by atoms with van der Waals surface area (Å²) in [6.07, 6.45) is 0. The molecule has 3 rings (SSSR count). The summed E-state index contributed by atoms with van der Waals surface area (Å²) in [7, 11) is 6.41. The van der Waals surface area contributed by atoms with Crippen LogP contribution in [0.2, 0.25) is 0 Å². The minimum Gasteiger partial charge on any atom is -0.496 e. The van der Waals surface area contributed by atoms with Crippen molar-refractivity contribution in [3.63, 3.8) is 0 Å². The van der Waals surface area contributed by atoms with Crippen LogP contribution in [0.15, 0.2) is 36.4 Å². The van der Waals surface area contributed by atoms with Crippen LogP contribution in [-0.2, 0) is 6.54 Å². The third-order valence-electron chi connectivity index (χ3n) is 5.13. The maximum absolute atomic E-state index is 12.9. The summed E-state index contributed by atoms with van der Waals surface area (Å²) >= 11 is 0. The normalized spacial score (nSPS) is 14.4. The van der Waals surface area contributed by atoms with Gasteiger partial charge in [-0.3, -0.25) is 9.69 Å². The third kappa shape index (κ3) is 4.56. The predicted octanol–water partition coefficient (Wildman–Crippen LogP) is 2.68. The Morgan fingerprint density at radius 1 is 0.828 bits per heavy atom. The quantitative estimate of drug-likeness (QED) is 0.712. The molecule has 0 saturated carbocycles. The molecule has 1 aliphatic rings. The van der Waals surface area contributed by atoms with Crippen LogP contribution >= 0.6 is 0 Å². The molecule has 0 aromatic heterocycles. The van der Waals surface area contributed by atoms with Gasteiger partial charge in [-0.15, -0.1) is 0 Å². The van der Waals surface area contributed by atoms with Crippen molar-refractivity contribution < 1.29 is 23.7 Å². The van der Waals surface area contributed by atoms with E-state index in [1.165, 1.54) is 0 Å². The van der Waals surface area contributed by atoms with E-state index in [2.05, 4.69) is 4.90 Å². The molecule has 2 aromatic carbocycles. The average molecular weight is 400 g/mol. The monoisotopic (exact) mass is 400 g/mol. The minimum atomic E-state index is 0.00915. The maximum Gasteiger partial charge on any atom is 0.257 e. The first-order valence-corrected chi connectivity index (χ1v) is 9.54. The van der Waals surface area contributed by atoms with Crippen LogP contribution in [0.5, 0.6) is 23.0 Å². The molecule has 7 nitrogen and oxygen atoms in total. The van der Waals surface area contributed by atoms with Gasteiger partial charge in [0.15, 0.2) is 11.5 Å². The molecule has 29 heavy (non-hydrogen) atoms. The molecule has 0 N–H and O–H groups in total. The molecule has 0 bridgehead atoms. The highest BCUT2D eigenvalue weighted by Gasteiger charge is 2.24. The van der Waals surface area contributed by atoms with Crippen LogP contribution in [0, 0.1) is 0 Å². The molecule has 7 heteroatoms. The number of para-hydroxylation sites is 1. The van der Waals surface area contributed by atoms with E-state index in [0.29, 0.717) is 41.7 Å². The van der Waals surface area contributed by atoms with E-state index < -0.39 is 0 Å². The van der Waals surface area contributed by atoms with Crippen molar-refractivity contribution in [1.82, 2.24) is 9.80 Å². The van der Waals surface area contributed by atoms with Gasteiger partial charge in [-0.25, -0.2) is 0 Å². The van der Waals surface area contributed by atoms with E-state index in [0.717, 1.165) is 25.2 Å². The molecule has 1 amide bonds. The molecule has 2 aromatic rings. The highest BCUT2D eigenvalue weighted by atomic mass is 16.5. The Hall–Kier alpha value is -2.93. The van der Waals surface area contributed by atoms with E-state index >= 15 is 0 Å². The number of piperazine rings is 1. The van der Waals surface area contributed by atoms with Crippen LogP contribution in [0.1, 0.15) is 15.9 Å². The Balaban J connectivity index is 1.65. The lowest BCUT2D eigenvalue weighted by Crippen LogP contribution is -2.48. The van der Waals surface area contributed by atoms with Crippen molar-refractivity contribution in [2.75, 3.05) is 54.6 Å². The van der Waals surface area contributed by atoms with Crippen LogP contribution in [0.4, 0.5) is 0 Å². The summed E-state index contributed by atoms with van der Waals surface area (Å²) in [5.74, 6) is 2.50. The standard InChI is InChI=1S/C22H28N2O5/c1-26-18-8-6-5-7-17(18)22(25)24-11-9-23(10-12-24)15-16-13-19(27-2)21(29-4)20(14-16)28-3/h5-8,13-14H,9-12,15H2,1-4H3. The second-order valence-electron chi connectivity index (χ2n) is 6.80. The van der Waals surface area contributed by atoms with Crippen LogP contribution in [-0.4, -0.2) is 70.3 Å². The number of carbonyl (C=O) groups is 1. The Morgan fingerprint density at radius 3 is 1.97 bits per heavy atom. The van der Waals surface area contributed by atoms with Crippen molar-refractivity contribution in [2.24, 2.45) is 0 Å². The first kappa shape index (κ1) is 20.8. The van der Waals surface area contributed by atoms with Gasteiger partial charge in [0, 0.05) is 32.7 Å². The number of hydrogen-bond donors (Lipinski definition) is 0.